The van der Waals surface area contributed by atoms with Crippen molar-refractivity contribution in [2.75, 3.05) is 6.54 Å². The summed E-state index contributed by atoms with van der Waals surface area (Å²) in [7, 11) is 0. The number of carbonyl (C=O) groups excluding carboxylic acids is 5. The Kier molecular flexibility index (Phi) is 14.8. The largest absolute Gasteiger partial charge is 0.480 e. The van der Waals surface area contributed by atoms with E-state index >= 15 is 0 Å². The van der Waals surface area contributed by atoms with E-state index in [2.05, 4.69) is 41.5 Å². The number of unbranched alkanes of at least 4 members (excludes halogenated alkanes) is 1. The van der Waals surface area contributed by atoms with E-state index < -0.39 is 71.2 Å². The number of H-pyrrole nitrogens is 2. The second-order valence-corrected chi connectivity index (χ2v) is 14.7. The van der Waals surface area contributed by atoms with Crippen molar-refractivity contribution in [1.29, 1.82) is 0 Å². The summed E-state index contributed by atoms with van der Waals surface area (Å²) in [5.74, 6) is -3.44. The standard InChI is InChI=1S/C36H52N8O9/c1-21(32(48)49)41-30(46)27(16-22-18-39-25-13-9-8-12-24(22)25)42-31(47)28(17-23-19-37-20-40-23)43-29(45)26(44-34(51)53-36(5,6)7)14-10-11-15-38-33(50)52-35(2,3)4/h8-9,12-13,18-21,26-28,39H,10-11,14-17H2,1-7H3,(H,37,40)(H,38,50)(H,41,46)(H,42,47)(H,43,45)(H,44,51)(H,48,49)/t21-,26-,27+,28-/m0/s1. The van der Waals surface area contributed by atoms with E-state index in [1.54, 1.807) is 47.7 Å². The Morgan fingerprint density at radius 1 is 0.774 bits per heavy atom. The molecule has 0 bridgehead atoms. The number of carbonyl (C=O) groups is 6. The van der Waals surface area contributed by atoms with Gasteiger partial charge < -0.3 is 51.1 Å². The molecule has 0 spiro atoms. The minimum absolute atomic E-state index is 0.00119. The van der Waals surface area contributed by atoms with E-state index in [4.69, 9.17) is 9.47 Å². The van der Waals surface area contributed by atoms with E-state index in [-0.39, 0.29) is 25.8 Å². The van der Waals surface area contributed by atoms with Crippen LogP contribution in [0.2, 0.25) is 0 Å². The second kappa shape index (κ2) is 18.8. The van der Waals surface area contributed by atoms with Crippen LogP contribution in [-0.2, 0) is 41.5 Å². The van der Waals surface area contributed by atoms with Gasteiger partial charge in [0.1, 0.15) is 35.4 Å². The van der Waals surface area contributed by atoms with Gasteiger partial charge in [-0.05, 0) is 79.4 Å². The van der Waals surface area contributed by atoms with E-state index in [0.717, 1.165) is 10.9 Å². The Morgan fingerprint density at radius 3 is 2.00 bits per heavy atom. The van der Waals surface area contributed by atoms with Gasteiger partial charge in [0.2, 0.25) is 17.7 Å². The highest BCUT2D eigenvalue weighted by atomic mass is 16.6. The number of para-hydroxylation sites is 1. The molecule has 2 aromatic heterocycles. The monoisotopic (exact) mass is 740 g/mol. The molecule has 0 unspecified atom stereocenters. The van der Waals surface area contributed by atoms with Crippen LogP contribution in [0.3, 0.4) is 0 Å². The number of fused-ring (bicyclic) bond motifs is 1. The van der Waals surface area contributed by atoms with Gasteiger partial charge in [-0.2, -0.15) is 0 Å². The molecule has 0 radical (unpaired) electrons. The third kappa shape index (κ3) is 14.5. The summed E-state index contributed by atoms with van der Waals surface area (Å²) in [6.07, 6.45) is 4.04. The number of alkyl carbamates (subject to hydrolysis) is 2. The molecule has 0 aliphatic heterocycles. The summed E-state index contributed by atoms with van der Waals surface area (Å²) in [6.45, 7) is 11.8. The highest BCUT2D eigenvalue weighted by Gasteiger charge is 2.32. The van der Waals surface area contributed by atoms with E-state index in [1.807, 2.05) is 24.3 Å². The molecule has 0 saturated heterocycles. The maximum Gasteiger partial charge on any atom is 0.408 e. The number of nitrogens with one attached hydrogen (secondary N) is 7. The van der Waals surface area contributed by atoms with Crippen LogP contribution in [0.4, 0.5) is 9.59 Å². The predicted octanol–water partition coefficient (Wildman–Crippen LogP) is 2.82. The van der Waals surface area contributed by atoms with Crippen molar-refractivity contribution in [2.45, 2.75) is 116 Å². The molecule has 5 amide bonds. The first kappa shape index (κ1) is 41.8. The lowest BCUT2D eigenvalue weighted by molar-refractivity contribution is -0.141. The molecule has 8 N–H and O–H groups in total. The number of amides is 5. The molecule has 53 heavy (non-hydrogen) atoms. The number of imidazole rings is 1. The fourth-order valence-electron chi connectivity index (χ4n) is 5.17. The SMILES string of the molecule is C[C@H](NC(=O)[C@@H](Cc1c[nH]c2ccccc12)NC(=O)[C@H](Cc1cnc[nH]1)NC(=O)[C@H](CCCCNC(=O)OC(C)(C)C)NC(=O)OC(C)(C)C)C(=O)O. The molecule has 17 heteroatoms. The van der Waals surface area contributed by atoms with Gasteiger partial charge in [0, 0.05) is 48.4 Å². The molecule has 1 aromatic carbocycles. The normalized spacial score (nSPS) is 13.9. The number of rotatable bonds is 17. The molecule has 0 saturated carbocycles. The Morgan fingerprint density at radius 2 is 1.38 bits per heavy atom. The van der Waals surface area contributed by atoms with Crippen LogP contribution in [-0.4, -0.2) is 97.9 Å². The lowest BCUT2D eigenvalue weighted by atomic mass is 10.0. The van der Waals surface area contributed by atoms with Gasteiger partial charge in [0.05, 0.1) is 6.33 Å². The van der Waals surface area contributed by atoms with Gasteiger partial charge in [0.25, 0.3) is 0 Å². The van der Waals surface area contributed by atoms with E-state index in [0.29, 0.717) is 24.1 Å². The number of hydrogen-bond acceptors (Lipinski definition) is 9. The van der Waals surface area contributed by atoms with Crippen LogP contribution < -0.4 is 26.6 Å². The maximum absolute atomic E-state index is 14.0. The number of aliphatic carboxylic acids is 1. The van der Waals surface area contributed by atoms with Crippen molar-refractivity contribution in [1.82, 2.24) is 41.5 Å². The molecule has 0 fully saturated rings. The molecule has 3 rings (SSSR count). The zero-order valence-corrected chi connectivity index (χ0v) is 31.3. The van der Waals surface area contributed by atoms with Crippen molar-refractivity contribution < 1.29 is 43.3 Å². The van der Waals surface area contributed by atoms with Gasteiger partial charge in [-0.15, -0.1) is 0 Å². The number of aromatic amines is 2. The summed E-state index contributed by atoms with van der Waals surface area (Å²) in [4.78, 5) is 87.7. The average Bonchev–Trinajstić information content (AvgIpc) is 3.71. The molecule has 0 aliphatic carbocycles. The summed E-state index contributed by atoms with van der Waals surface area (Å²) in [6, 6.07) is 2.48. The molecule has 4 atom stereocenters. The molecular formula is C36H52N8O9. The average molecular weight is 741 g/mol. The number of hydrogen-bond donors (Lipinski definition) is 8. The first-order chi connectivity index (χ1) is 24.8. The Bertz CT molecular complexity index is 1710. The number of aromatic nitrogens is 3. The van der Waals surface area contributed by atoms with Crippen molar-refractivity contribution in [2.24, 2.45) is 0 Å². The maximum atomic E-state index is 14.0. The molecular weight excluding hydrogens is 688 g/mol. The van der Waals surface area contributed by atoms with Gasteiger partial charge >= 0.3 is 18.2 Å². The first-order valence-corrected chi connectivity index (χ1v) is 17.4. The summed E-state index contributed by atoms with van der Waals surface area (Å²) in [5, 5.41) is 23.3. The number of carboxylic acid groups (broad SMARTS) is 1. The minimum atomic E-state index is -1.27. The molecule has 0 aliphatic rings. The van der Waals surface area contributed by atoms with Gasteiger partial charge in [-0.3, -0.25) is 19.2 Å². The molecule has 3 aromatic rings. The fourth-order valence-corrected chi connectivity index (χ4v) is 5.17. The number of ether oxygens (including phenoxy) is 2. The van der Waals surface area contributed by atoms with Crippen molar-refractivity contribution in [3.05, 3.63) is 54.2 Å². The van der Waals surface area contributed by atoms with E-state index in [1.165, 1.54) is 19.4 Å². The van der Waals surface area contributed by atoms with Crippen molar-refractivity contribution >= 4 is 46.8 Å². The van der Waals surface area contributed by atoms with Crippen molar-refractivity contribution in [3.8, 4) is 0 Å². The smallest absolute Gasteiger partial charge is 0.408 e. The number of benzene rings is 1. The topological polar surface area (TPSA) is 246 Å². The third-order valence-electron chi connectivity index (χ3n) is 7.67. The quantitative estimate of drug-likeness (QED) is 0.0941. The summed E-state index contributed by atoms with van der Waals surface area (Å²) in [5.41, 5.74) is 0.471. The second-order valence-electron chi connectivity index (χ2n) is 14.7. The predicted molar refractivity (Wildman–Crippen MR) is 195 cm³/mol. The summed E-state index contributed by atoms with van der Waals surface area (Å²) >= 11 is 0. The fraction of sp³-hybridized carbons (Fsp3) is 0.528. The van der Waals surface area contributed by atoms with Crippen LogP contribution in [0, 0.1) is 0 Å². The Hall–Kier alpha value is -5.61. The first-order valence-electron chi connectivity index (χ1n) is 17.4. The highest BCUT2D eigenvalue weighted by molar-refractivity contribution is 5.95. The van der Waals surface area contributed by atoms with Crippen LogP contribution in [0.1, 0.15) is 79.0 Å². The van der Waals surface area contributed by atoms with Gasteiger partial charge in [-0.1, -0.05) is 18.2 Å². The molecule has 17 nitrogen and oxygen atoms in total. The Balaban J connectivity index is 1.82. The molecule has 290 valence electrons. The van der Waals surface area contributed by atoms with Crippen molar-refractivity contribution in [3.63, 3.8) is 0 Å². The third-order valence-corrected chi connectivity index (χ3v) is 7.67. The minimum Gasteiger partial charge on any atom is -0.480 e. The van der Waals surface area contributed by atoms with Gasteiger partial charge in [-0.25, -0.2) is 14.6 Å². The van der Waals surface area contributed by atoms with E-state index in [9.17, 15) is 33.9 Å². The van der Waals surface area contributed by atoms with Crippen LogP contribution in [0.25, 0.3) is 10.9 Å². The van der Waals surface area contributed by atoms with Crippen LogP contribution in [0.5, 0.6) is 0 Å². The highest BCUT2D eigenvalue weighted by Crippen LogP contribution is 2.19. The van der Waals surface area contributed by atoms with Gasteiger partial charge in [0.15, 0.2) is 0 Å². The summed E-state index contributed by atoms with van der Waals surface area (Å²) < 4.78 is 10.6. The zero-order valence-electron chi connectivity index (χ0n) is 31.3. The zero-order chi connectivity index (χ0) is 39.3. The molecule has 2 heterocycles. The van der Waals surface area contributed by atoms with Crippen LogP contribution in [0.15, 0.2) is 43.0 Å². The number of carboxylic acids is 1. The lowest BCUT2D eigenvalue weighted by Gasteiger charge is -2.26. The lowest BCUT2D eigenvalue weighted by Crippen LogP contribution is -2.58. The number of nitrogens with zero attached hydrogens (tertiary/aromatic N) is 1. The van der Waals surface area contributed by atoms with Crippen LogP contribution >= 0.6 is 0 Å². The Labute approximate surface area is 308 Å².